The van der Waals surface area contributed by atoms with E-state index in [2.05, 4.69) is 5.10 Å². The zero-order valence-corrected chi connectivity index (χ0v) is 17.6. The summed E-state index contributed by atoms with van der Waals surface area (Å²) in [5.41, 5.74) is 8.08. The number of aromatic nitrogens is 2. The van der Waals surface area contributed by atoms with Crippen LogP contribution in [0.25, 0.3) is 6.08 Å². The molecule has 0 bridgehead atoms. The molecular formula is C22H19Cl2N3O3. The Balaban J connectivity index is 1.73. The maximum absolute atomic E-state index is 12.3. The van der Waals surface area contributed by atoms with E-state index in [4.69, 9.17) is 33.7 Å². The lowest BCUT2D eigenvalue weighted by Crippen LogP contribution is -2.25. The number of nitrogens with two attached hydrogens (primary N) is 1. The minimum absolute atomic E-state index is 0.376. The summed E-state index contributed by atoms with van der Waals surface area (Å²) < 4.78 is 6.86. The van der Waals surface area contributed by atoms with Crippen LogP contribution in [0.2, 0.25) is 10.2 Å². The van der Waals surface area contributed by atoms with E-state index in [-0.39, 0.29) is 0 Å². The van der Waals surface area contributed by atoms with Gasteiger partial charge in [-0.15, -0.1) is 0 Å². The fourth-order valence-corrected chi connectivity index (χ4v) is 3.27. The molecule has 1 heterocycles. The van der Waals surface area contributed by atoms with Crippen LogP contribution in [0, 0.1) is 6.92 Å². The fourth-order valence-electron chi connectivity index (χ4n) is 2.85. The van der Waals surface area contributed by atoms with Gasteiger partial charge in [0, 0.05) is 22.2 Å². The van der Waals surface area contributed by atoms with E-state index in [1.165, 1.54) is 12.2 Å². The Morgan fingerprint density at radius 2 is 1.80 bits per heavy atom. The van der Waals surface area contributed by atoms with E-state index in [1.54, 1.807) is 54.1 Å². The highest BCUT2D eigenvalue weighted by Crippen LogP contribution is 2.23. The smallest absolute Gasteiger partial charge is 0.331 e. The number of ether oxygens (including phenoxy) is 1. The summed E-state index contributed by atoms with van der Waals surface area (Å²) in [4.78, 5) is 24.0. The number of amides is 1. The van der Waals surface area contributed by atoms with E-state index in [0.29, 0.717) is 33.5 Å². The van der Waals surface area contributed by atoms with Crippen molar-refractivity contribution in [3.05, 3.63) is 93.2 Å². The Labute approximate surface area is 183 Å². The van der Waals surface area contributed by atoms with E-state index >= 15 is 0 Å². The van der Waals surface area contributed by atoms with Crippen LogP contribution in [0.15, 0.2) is 60.7 Å². The average Bonchev–Trinajstić information content (AvgIpc) is 2.99. The van der Waals surface area contributed by atoms with Crippen LogP contribution >= 0.6 is 23.2 Å². The SMILES string of the molecule is Cc1nn(Cc2ccc(Cl)cc2)c(Cl)c1/C=C/C(=O)OC(C(N)=O)c1ccccc1. The maximum atomic E-state index is 12.3. The van der Waals surface area contributed by atoms with Crippen LogP contribution in [0.1, 0.15) is 28.5 Å². The molecule has 1 amide bonds. The van der Waals surface area contributed by atoms with Crippen molar-refractivity contribution in [2.45, 2.75) is 19.6 Å². The lowest BCUT2D eigenvalue weighted by molar-refractivity contribution is -0.150. The number of hydrogen-bond acceptors (Lipinski definition) is 4. The van der Waals surface area contributed by atoms with Gasteiger partial charge in [-0.25, -0.2) is 9.48 Å². The summed E-state index contributed by atoms with van der Waals surface area (Å²) in [5.74, 6) is -1.48. The standard InChI is InChI=1S/C22H19Cl2N3O3/c1-14-18(21(24)27(26-14)13-15-7-9-17(23)10-8-15)11-12-19(28)30-20(22(25)29)16-5-3-2-4-6-16/h2-12,20H,13H2,1H3,(H2,25,29)/b12-11+. The van der Waals surface area contributed by atoms with Crippen LogP contribution in [0.5, 0.6) is 0 Å². The number of aryl methyl sites for hydroxylation is 1. The monoisotopic (exact) mass is 443 g/mol. The van der Waals surface area contributed by atoms with Gasteiger partial charge in [0.25, 0.3) is 5.91 Å². The summed E-state index contributed by atoms with van der Waals surface area (Å²) in [6, 6.07) is 15.9. The number of benzene rings is 2. The first-order valence-electron chi connectivity index (χ1n) is 9.05. The number of carbonyl (C=O) groups is 2. The number of carbonyl (C=O) groups excluding carboxylic acids is 2. The molecule has 0 saturated heterocycles. The van der Waals surface area contributed by atoms with Crippen LogP contribution in [0.4, 0.5) is 0 Å². The topological polar surface area (TPSA) is 87.2 Å². The minimum Gasteiger partial charge on any atom is -0.444 e. The largest absolute Gasteiger partial charge is 0.444 e. The molecule has 2 aromatic carbocycles. The quantitative estimate of drug-likeness (QED) is 0.434. The number of hydrogen-bond donors (Lipinski definition) is 1. The molecule has 0 aliphatic heterocycles. The van der Waals surface area contributed by atoms with Crippen molar-refractivity contribution in [1.82, 2.24) is 9.78 Å². The first kappa shape index (κ1) is 21.6. The third-order valence-electron chi connectivity index (χ3n) is 4.34. The molecule has 0 radical (unpaired) electrons. The van der Waals surface area contributed by atoms with Gasteiger partial charge in [0.15, 0.2) is 0 Å². The van der Waals surface area contributed by atoms with Crippen LogP contribution < -0.4 is 5.73 Å². The highest BCUT2D eigenvalue weighted by Gasteiger charge is 2.21. The molecule has 6 nitrogen and oxygen atoms in total. The van der Waals surface area contributed by atoms with Gasteiger partial charge in [0.05, 0.1) is 12.2 Å². The molecule has 154 valence electrons. The number of primary amides is 1. The molecule has 2 N–H and O–H groups in total. The van der Waals surface area contributed by atoms with Gasteiger partial charge in [-0.05, 0) is 30.7 Å². The summed E-state index contributed by atoms with van der Waals surface area (Å²) in [6.07, 6.45) is 1.53. The van der Waals surface area contributed by atoms with Gasteiger partial charge >= 0.3 is 5.97 Å². The van der Waals surface area contributed by atoms with E-state index in [1.807, 2.05) is 12.1 Å². The molecule has 30 heavy (non-hydrogen) atoms. The van der Waals surface area contributed by atoms with Gasteiger partial charge in [-0.1, -0.05) is 65.7 Å². The summed E-state index contributed by atoms with van der Waals surface area (Å²) >= 11 is 12.4. The molecule has 0 saturated carbocycles. The maximum Gasteiger partial charge on any atom is 0.331 e. The van der Waals surface area contributed by atoms with Gasteiger partial charge in [0.1, 0.15) is 5.15 Å². The lowest BCUT2D eigenvalue weighted by atomic mass is 10.1. The third kappa shape index (κ3) is 5.28. The minimum atomic E-state index is -1.17. The van der Waals surface area contributed by atoms with Gasteiger partial charge < -0.3 is 10.5 Å². The highest BCUT2D eigenvalue weighted by atomic mass is 35.5. The molecule has 0 fully saturated rings. The van der Waals surface area contributed by atoms with Crippen molar-refractivity contribution in [3.63, 3.8) is 0 Å². The van der Waals surface area contributed by atoms with E-state index < -0.39 is 18.0 Å². The van der Waals surface area contributed by atoms with Gasteiger partial charge in [0.2, 0.25) is 6.10 Å². The second-order valence-electron chi connectivity index (χ2n) is 6.54. The summed E-state index contributed by atoms with van der Waals surface area (Å²) in [7, 11) is 0. The van der Waals surface area contributed by atoms with E-state index in [9.17, 15) is 9.59 Å². The zero-order chi connectivity index (χ0) is 21.7. The van der Waals surface area contributed by atoms with E-state index in [0.717, 1.165) is 5.56 Å². The normalized spacial score (nSPS) is 12.1. The molecule has 0 aliphatic carbocycles. The number of esters is 1. The average molecular weight is 444 g/mol. The molecular weight excluding hydrogens is 425 g/mol. The number of rotatable bonds is 7. The van der Waals surface area contributed by atoms with Crippen LogP contribution in [0.3, 0.4) is 0 Å². The first-order chi connectivity index (χ1) is 14.3. The van der Waals surface area contributed by atoms with Gasteiger partial charge in [-0.3, -0.25) is 4.79 Å². The molecule has 1 atom stereocenters. The molecule has 8 heteroatoms. The van der Waals surface area contributed by atoms with Crippen molar-refractivity contribution in [2.24, 2.45) is 5.73 Å². The van der Waals surface area contributed by atoms with Crippen molar-refractivity contribution in [3.8, 4) is 0 Å². The Bertz CT molecular complexity index is 1080. The second-order valence-corrected chi connectivity index (χ2v) is 7.33. The van der Waals surface area contributed by atoms with Crippen molar-refractivity contribution >= 4 is 41.2 Å². The highest BCUT2D eigenvalue weighted by molar-refractivity contribution is 6.31. The van der Waals surface area contributed by atoms with Crippen LogP contribution in [-0.2, 0) is 20.9 Å². The van der Waals surface area contributed by atoms with Gasteiger partial charge in [-0.2, -0.15) is 5.10 Å². The number of halogens is 2. The molecule has 1 aromatic heterocycles. The predicted molar refractivity (Wildman–Crippen MR) is 116 cm³/mol. The second kappa shape index (κ2) is 9.61. The predicted octanol–water partition coefficient (Wildman–Crippen LogP) is 4.33. The van der Waals surface area contributed by atoms with Crippen molar-refractivity contribution in [1.29, 1.82) is 0 Å². The Kier molecular flexibility index (Phi) is 6.92. The molecule has 0 aliphatic rings. The third-order valence-corrected chi connectivity index (χ3v) is 4.99. The Morgan fingerprint density at radius 3 is 2.43 bits per heavy atom. The molecule has 0 spiro atoms. The zero-order valence-electron chi connectivity index (χ0n) is 16.1. The van der Waals surface area contributed by atoms with Crippen LogP contribution in [-0.4, -0.2) is 21.7 Å². The fraction of sp³-hybridized carbons (Fsp3) is 0.136. The Hall–Kier alpha value is -3.09. The Morgan fingerprint density at radius 1 is 1.13 bits per heavy atom. The molecule has 3 aromatic rings. The summed E-state index contributed by atoms with van der Waals surface area (Å²) in [5, 5.41) is 5.44. The molecule has 3 rings (SSSR count). The first-order valence-corrected chi connectivity index (χ1v) is 9.81. The lowest BCUT2D eigenvalue weighted by Gasteiger charge is -2.13. The van der Waals surface area contributed by atoms with Crippen molar-refractivity contribution < 1.29 is 14.3 Å². The summed E-state index contributed by atoms with van der Waals surface area (Å²) in [6.45, 7) is 2.23. The van der Waals surface area contributed by atoms with Crippen molar-refractivity contribution in [2.75, 3.05) is 0 Å². The molecule has 1 unspecified atom stereocenters. The number of nitrogens with zero attached hydrogens (tertiary/aromatic N) is 2.